The molecule has 21 heavy (non-hydrogen) atoms. The summed E-state index contributed by atoms with van der Waals surface area (Å²) >= 11 is 0. The van der Waals surface area contributed by atoms with Gasteiger partial charge in [-0.05, 0) is 25.0 Å². The number of urea groups is 1. The highest BCUT2D eigenvalue weighted by atomic mass is 19.4. The predicted octanol–water partition coefficient (Wildman–Crippen LogP) is 3.33. The number of carbonyl (C=O) groups excluding carboxylic acids is 1. The maximum Gasteiger partial charge on any atom is 0.433 e. The first-order valence-corrected chi connectivity index (χ1v) is 7.03. The van der Waals surface area contributed by atoms with Crippen molar-refractivity contribution in [2.24, 2.45) is 0 Å². The van der Waals surface area contributed by atoms with E-state index >= 15 is 0 Å². The Labute approximate surface area is 120 Å². The van der Waals surface area contributed by atoms with Crippen LogP contribution in [0.15, 0.2) is 18.3 Å². The quantitative estimate of drug-likeness (QED) is 0.864. The summed E-state index contributed by atoms with van der Waals surface area (Å²) in [5.41, 5.74) is -0.765. The van der Waals surface area contributed by atoms with E-state index in [2.05, 4.69) is 10.3 Å². The fraction of sp³-hybridized carbons (Fsp3) is 0.571. The van der Waals surface area contributed by atoms with Crippen LogP contribution in [0, 0.1) is 0 Å². The Kier molecular flexibility index (Phi) is 3.30. The van der Waals surface area contributed by atoms with Crippen LogP contribution in [0.1, 0.15) is 37.8 Å². The Hall–Kier alpha value is -1.79. The van der Waals surface area contributed by atoms with Gasteiger partial charge in [-0.3, -0.25) is 4.90 Å². The van der Waals surface area contributed by atoms with Gasteiger partial charge < -0.3 is 5.32 Å². The van der Waals surface area contributed by atoms with E-state index in [0.29, 0.717) is 12.2 Å². The predicted molar refractivity (Wildman–Crippen MR) is 70.9 cm³/mol. The Bertz CT molecular complexity index is 535. The molecular weight excluding hydrogens is 283 g/mol. The van der Waals surface area contributed by atoms with Crippen molar-refractivity contribution in [3.8, 4) is 0 Å². The number of aromatic nitrogens is 1. The molecule has 7 heteroatoms. The van der Waals surface area contributed by atoms with Gasteiger partial charge in [0.2, 0.25) is 0 Å². The fourth-order valence-corrected chi connectivity index (χ4v) is 3.14. The van der Waals surface area contributed by atoms with E-state index < -0.39 is 11.9 Å². The average Bonchev–Trinajstić information content (AvgIpc) is 2.75. The third-order valence-electron chi connectivity index (χ3n) is 4.24. The number of anilines is 1. The van der Waals surface area contributed by atoms with Gasteiger partial charge in [0, 0.05) is 0 Å². The van der Waals surface area contributed by atoms with Gasteiger partial charge in [-0.25, -0.2) is 9.78 Å². The second-order valence-electron chi connectivity index (χ2n) is 5.76. The van der Waals surface area contributed by atoms with Crippen LogP contribution in [0.3, 0.4) is 0 Å². The van der Waals surface area contributed by atoms with Gasteiger partial charge in [-0.15, -0.1) is 0 Å². The number of nitrogens with zero attached hydrogens (tertiary/aromatic N) is 2. The molecule has 2 amide bonds. The van der Waals surface area contributed by atoms with E-state index in [-0.39, 0.29) is 11.6 Å². The fourth-order valence-electron chi connectivity index (χ4n) is 3.14. The minimum atomic E-state index is -4.46. The number of rotatable bonds is 1. The molecule has 0 atom stereocenters. The molecule has 1 saturated heterocycles. The number of hydrogen-bond acceptors (Lipinski definition) is 2. The molecule has 1 aromatic heterocycles. The lowest BCUT2D eigenvalue weighted by molar-refractivity contribution is -0.141. The van der Waals surface area contributed by atoms with Gasteiger partial charge in [-0.2, -0.15) is 13.2 Å². The summed E-state index contributed by atoms with van der Waals surface area (Å²) in [5, 5.41) is 3.00. The lowest BCUT2D eigenvalue weighted by Crippen LogP contribution is -2.44. The van der Waals surface area contributed by atoms with Crippen LogP contribution in [0.25, 0.3) is 0 Å². The second kappa shape index (κ2) is 4.89. The second-order valence-corrected chi connectivity index (χ2v) is 5.76. The largest absolute Gasteiger partial charge is 0.433 e. The maximum atomic E-state index is 12.5. The van der Waals surface area contributed by atoms with Gasteiger partial charge in [0.1, 0.15) is 5.69 Å². The Morgan fingerprint density at radius 3 is 2.48 bits per heavy atom. The molecule has 0 bridgehead atoms. The molecule has 1 aromatic rings. The lowest BCUT2D eigenvalue weighted by Gasteiger charge is -2.32. The summed E-state index contributed by atoms with van der Waals surface area (Å²) in [4.78, 5) is 17.0. The standard InChI is InChI=1S/C14H16F3N3O/c15-14(16,17)11-5-4-10(8-18-11)20-9-13(19-12(20)21)6-2-1-3-7-13/h4-5,8H,1-3,6-7,9H2,(H,19,21). The molecule has 3 rings (SSSR count). The summed E-state index contributed by atoms with van der Waals surface area (Å²) in [6.45, 7) is 0.499. The normalized spacial score (nSPS) is 21.7. The van der Waals surface area contributed by atoms with Crippen LogP contribution in [0.5, 0.6) is 0 Å². The SMILES string of the molecule is O=C1NC2(CCCCC2)CN1c1ccc(C(F)(F)F)nc1. The third kappa shape index (κ3) is 2.69. The Balaban J connectivity index is 1.79. The van der Waals surface area contributed by atoms with E-state index in [0.717, 1.165) is 37.9 Å². The number of alkyl halides is 3. The highest BCUT2D eigenvalue weighted by Gasteiger charge is 2.43. The Morgan fingerprint density at radius 1 is 1.19 bits per heavy atom. The molecule has 0 radical (unpaired) electrons. The van der Waals surface area contributed by atoms with Crippen LogP contribution >= 0.6 is 0 Å². The zero-order valence-electron chi connectivity index (χ0n) is 11.4. The van der Waals surface area contributed by atoms with Crippen molar-refractivity contribution in [3.05, 3.63) is 24.0 Å². The highest BCUT2D eigenvalue weighted by Crippen LogP contribution is 2.35. The van der Waals surface area contributed by atoms with Crippen LogP contribution in [0.2, 0.25) is 0 Å². The van der Waals surface area contributed by atoms with E-state index in [9.17, 15) is 18.0 Å². The van der Waals surface area contributed by atoms with Crippen LogP contribution in [0.4, 0.5) is 23.7 Å². The number of amides is 2. The molecule has 2 fully saturated rings. The smallest absolute Gasteiger partial charge is 0.330 e. The van der Waals surface area contributed by atoms with Crippen molar-refractivity contribution in [2.75, 3.05) is 11.4 Å². The number of hydrogen-bond donors (Lipinski definition) is 1. The van der Waals surface area contributed by atoms with Crippen molar-refractivity contribution < 1.29 is 18.0 Å². The van der Waals surface area contributed by atoms with Gasteiger partial charge in [-0.1, -0.05) is 19.3 Å². The highest BCUT2D eigenvalue weighted by molar-refractivity contribution is 5.95. The molecule has 1 aliphatic heterocycles. The number of pyridine rings is 1. The zero-order valence-corrected chi connectivity index (χ0v) is 11.4. The first-order chi connectivity index (χ1) is 9.90. The number of carbonyl (C=O) groups is 1. The minimum absolute atomic E-state index is 0.224. The van der Waals surface area contributed by atoms with Gasteiger partial charge >= 0.3 is 12.2 Å². The number of halogens is 3. The minimum Gasteiger partial charge on any atom is -0.330 e. The molecule has 0 unspecified atom stereocenters. The molecule has 1 spiro atoms. The maximum absolute atomic E-state index is 12.5. The van der Waals surface area contributed by atoms with Crippen molar-refractivity contribution in [3.63, 3.8) is 0 Å². The number of nitrogens with one attached hydrogen (secondary N) is 1. The molecule has 1 N–H and O–H groups in total. The van der Waals surface area contributed by atoms with Gasteiger partial charge in [0.15, 0.2) is 0 Å². The molecule has 114 valence electrons. The van der Waals surface area contributed by atoms with Crippen molar-refractivity contribution in [1.82, 2.24) is 10.3 Å². The molecule has 2 heterocycles. The topological polar surface area (TPSA) is 45.2 Å². The molecule has 1 saturated carbocycles. The average molecular weight is 299 g/mol. The summed E-state index contributed by atoms with van der Waals surface area (Å²) < 4.78 is 37.5. The van der Waals surface area contributed by atoms with Crippen LogP contribution in [-0.2, 0) is 6.18 Å². The summed E-state index contributed by atoms with van der Waals surface area (Å²) in [5.74, 6) is 0. The van der Waals surface area contributed by atoms with E-state index in [1.807, 2.05) is 0 Å². The third-order valence-corrected chi connectivity index (χ3v) is 4.24. The lowest BCUT2D eigenvalue weighted by atomic mass is 9.82. The molecule has 2 aliphatic rings. The van der Waals surface area contributed by atoms with Crippen LogP contribution < -0.4 is 10.2 Å². The van der Waals surface area contributed by atoms with Crippen molar-refractivity contribution >= 4 is 11.7 Å². The van der Waals surface area contributed by atoms with Crippen molar-refractivity contribution in [2.45, 2.75) is 43.8 Å². The Morgan fingerprint density at radius 2 is 1.90 bits per heavy atom. The molecule has 1 aliphatic carbocycles. The summed E-state index contributed by atoms with van der Waals surface area (Å²) in [6, 6.07) is 1.96. The van der Waals surface area contributed by atoms with E-state index in [1.54, 1.807) is 0 Å². The molecular formula is C14H16F3N3O. The van der Waals surface area contributed by atoms with E-state index in [4.69, 9.17) is 0 Å². The van der Waals surface area contributed by atoms with E-state index in [1.165, 1.54) is 17.4 Å². The molecule has 0 aromatic carbocycles. The zero-order chi connectivity index (χ0) is 15.1. The molecule has 4 nitrogen and oxygen atoms in total. The van der Waals surface area contributed by atoms with Gasteiger partial charge in [0.05, 0.1) is 24.0 Å². The van der Waals surface area contributed by atoms with Gasteiger partial charge in [0.25, 0.3) is 0 Å². The summed E-state index contributed by atoms with van der Waals surface area (Å²) in [7, 11) is 0. The first-order valence-electron chi connectivity index (χ1n) is 7.03. The summed E-state index contributed by atoms with van der Waals surface area (Å²) in [6.07, 6.45) is 1.80. The first kappa shape index (κ1) is 14.2. The monoisotopic (exact) mass is 299 g/mol. The van der Waals surface area contributed by atoms with Crippen molar-refractivity contribution in [1.29, 1.82) is 0 Å². The van der Waals surface area contributed by atoms with Crippen LogP contribution in [-0.4, -0.2) is 23.1 Å².